The molecule has 24 heavy (non-hydrogen) atoms. The number of nitrogens with zero attached hydrogens (tertiary/aromatic N) is 1. The maximum atomic E-state index is 12.1. The van der Waals surface area contributed by atoms with Gasteiger partial charge in [0.05, 0.1) is 22.2 Å². The number of amides is 1. The summed E-state index contributed by atoms with van der Waals surface area (Å²) in [6, 6.07) is 12.3. The van der Waals surface area contributed by atoms with Crippen LogP contribution in [0.4, 0.5) is 5.69 Å². The summed E-state index contributed by atoms with van der Waals surface area (Å²) in [5.41, 5.74) is 1.54. The van der Waals surface area contributed by atoms with Crippen molar-refractivity contribution in [3.8, 4) is 11.5 Å². The molecule has 0 aromatic heterocycles. The van der Waals surface area contributed by atoms with E-state index in [4.69, 9.17) is 4.74 Å². The van der Waals surface area contributed by atoms with Gasteiger partial charge in [0, 0.05) is 0 Å². The predicted octanol–water partition coefficient (Wildman–Crippen LogP) is 4.05. The third kappa shape index (κ3) is 3.80. The average molecular weight is 405 g/mol. The van der Waals surface area contributed by atoms with E-state index >= 15 is 0 Å². The number of amidine groups is 1. The number of thioether (sulfide) groups is 1. The zero-order valence-electron chi connectivity index (χ0n) is 12.6. The van der Waals surface area contributed by atoms with E-state index in [-0.39, 0.29) is 11.7 Å². The summed E-state index contributed by atoms with van der Waals surface area (Å²) in [6.07, 6.45) is 1.75. The highest BCUT2D eigenvalue weighted by atomic mass is 79.9. The van der Waals surface area contributed by atoms with Crippen molar-refractivity contribution in [1.29, 1.82) is 0 Å². The first-order valence-electron chi connectivity index (χ1n) is 6.97. The Bertz CT molecular complexity index is 847. The number of benzene rings is 2. The number of ether oxygens (including phenoxy) is 1. The minimum absolute atomic E-state index is 0.155. The Kier molecular flexibility index (Phi) is 4.92. The van der Waals surface area contributed by atoms with Crippen LogP contribution in [0, 0.1) is 0 Å². The van der Waals surface area contributed by atoms with Crippen LogP contribution in [-0.4, -0.2) is 23.3 Å². The van der Waals surface area contributed by atoms with Gasteiger partial charge in [-0.1, -0.05) is 6.07 Å². The van der Waals surface area contributed by atoms with E-state index in [9.17, 15) is 9.90 Å². The molecule has 1 aliphatic rings. The molecule has 1 saturated heterocycles. The van der Waals surface area contributed by atoms with Crippen LogP contribution >= 0.6 is 27.7 Å². The molecule has 0 bridgehead atoms. The average Bonchev–Trinajstić information content (AvgIpc) is 2.91. The molecule has 0 spiro atoms. The van der Waals surface area contributed by atoms with Crippen LogP contribution in [0.2, 0.25) is 0 Å². The molecule has 0 aliphatic carbocycles. The third-order valence-electron chi connectivity index (χ3n) is 3.22. The maximum Gasteiger partial charge on any atom is 0.264 e. The number of phenols is 1. The predicted molar refractivity (Wildman–Crippen MR) is 99.6 cm³/mol. The summed E-state index contributed by atoms with van der Waals surface area (Å²) in [5.74, 6) is 0.708. The first-order chi connectivity index (χ1) is 11.5. The summed E-state index contributed by atoms with van der Waals surface area (Å²) < 4.78 is 5.68. The van der Waals surface area contributed by atoms with E-state index in [1.54, 1.807) is 31.4 Å². The van der Waals surface area contributed by atoms with E-state index in [1.165, 1.54) is 11.8 Å². The molecule has 7 heteroatoms. The Morgan fingerprint density at radius 1 is 1.25 bits per heavy atom. The largest absolute Gasteiger partial charge is 0.507 e. The lowest BCUT2D eigenvalue weighted by atomic mass is 10.2. The SMILES string of the molecule is COc1ccc(N=C2NC(=O)/C(=C/c3ccc(O)c(Br)c3)S2)cc1. The second kappa shape index (κ2) is 7.11. The molecular formula is C17H13BrN2O3S. The fourth-order valence-corrected chi connectivity index (χ4v) is 3.26. The van der Waals surface area contributed by atoms with Crippen molar-refractivity contribution in [3.05, 3.63) is 57.4 Å². The van der Waals surface area contributed by atoms with Crippen molar-refractivity contribution in [1.82, 2.24) is 5.32 Å². The lowest BCUT2D eigenvalue weighted by Crippen LogP contribution is -2.19. The topological polar surface area (TPSA) is 70.9 Å². The molecule has 1 aliphatic heterocycles. The Hall–Kier alpha value is -2.25. The lowest BCUT2D eigenvalue weighted by Gasteiger charge is -2.00. The number of halogens is 1. The standard InChI is InChI=1S/C17H13BrN2O3S/c1-23-12-5-3-11(4-6-12)19-17-20-16(22)15(24-17)9-10-2-7-14(21)13(18)8-10/h2-9,21H,1H3,(H,19,20,22)/b15-9-. The Morgan fingerprint density at radius 2 is 2.00 bits per heavy atom. The van der Waals surface area contributed by atoms with Gasteiger partial charge in [0.15, 0.2) is 5.17 Å². The highest BCUT2D eigenvalue weighted by molar-refractivity contribution is 9.10. The molecule has 122 valence electrons. The van der Waals surface area contributed by atoms with E-state index < -0.39 is 0 Å². The molecule has 0 atom stereocenters. The van der Waals surface area contributed by atoms with Gasteiger partial charge in [0.2, 0.25) is 0 Å². The van der Waals surface area contributed by atoms with E-state index in [0.29, 0.717) is 14.5 Å². The van der Waals surface area contributed by atoms with Crippen molar-refractivity contribution in [2.24, 2.45) is 4.99 Å². The molecule has 3 rings (SSSR count). The summed E-state index contributed by atoms with van der Waals surface area (Å²) in [5, 5.41) is 12.8. The second-order valence-electron chi connectivity index (χ2n) is 4.89. The molecule has 1 amide bonds. The van der Waals surface area contributed by atoms with Crippen LogP contribution in [-0.2, 0) is 4.79 Å². The minimum Gasteiger partial charge on any atom is -0.507 e. The zero-order chi connectivity index (χ0) is 17.1. The van der Waals surface area contributed by atoms with Gasteiger partial charge in [0.1, 0.15) is 11.5 Å². The van der Waals surface area contributed by atoms with Crippen LogP contribution < -0.4 is 10.1 Å². The van der Waals surface area contributed by atoms with Gasteiger partial charge < -0.3 is 15.2 Å². The molecular weight excluding hydrogens is 392 g/mol. The molecule has 1 fully saturated rings. The van der Waals surface area contributed by atoms with Crippen molar-refractivity contribution >= 4 is 50.5 Å². The monoisotopic (exact) mass is 404 g/mol. The number of aromatic hydroxyl groups is 1. The number of nitrogens with one attached hydrogen (secondary N) is 1. The molecule has 2 aromatic carbocycles. The first kappa shape index (κ1) is 16.6. The van der Waals surface area contributed by atoms with Gasteiger partial charge in [-0.2, -0.15) is 0 Å². The fourth-order valence-electron chi connectivity index (χ4n) is 2.02. The van der Waals surface area contributed by atoms with Crippen LogP contribution in [0.15, 0.2) is 56.8 Å². The number of phenolic OH excluding ortho intramolecular Hbond substituents is 1. The minimum atomic E-state index is -0.198. The van der Waals surface area contributed by atoms with Gasteiger partial charge in [-0.3, -0.25) is 4.79 Å². The number of methoxy groups -OCH3 is 1. The number of aliphatic imine (C=N–C) groups is 1. The normalized spacial score (nSPS) is 17.3. The summed E-state index contributed by atoms with van der Waals surface area (Å²) in [7, 11) is 1.60. The molecule has 5 nitrogen and oxygen atoms in total. The number of carbonyl (C=O) groups excluding carboxylic acids is 1. The number of rotatable bonds is 3. The Labute approximate surface area is 151 Å². The summed E-state index contributed by atoms with van der Waals surface area (Å²) >= 11 is 4.53. The molecule has 0 radical (unpaired) electrons. The van der Waals surface area contributed by atoms with E-state index in [2.05, 4.69) is 26.2 Å². The molecule has 1 heterocycles. The second-order valence-corrected chi connectivity index (χ2v) is 6.78. The third-order valence-corrected chi connectivity index (χ3v) is 4.77. The number of hydrogen-bond donors (Lipinski definition) is 2. The molecule has 2 aromatic rings. The van der Waals surface area contributed by atoms with Crippen LogP contribution in [0.5, 0.6) is 11.5 Å². The summed E-state index contributed by atoms with van der Waals surface area (Å²) in [4.78, 5) is 17.0. The zero-order valence-corrected chi connectivity index (χ0v) is 15.0. The Balaban J connectivity index is 1.80. The quantitative estimate of drug-likeness (QED) is 0.756. The van der Waals surface area contributed by atoms with Crippen LogP contribution in [0.3, 0.4) is 0 Å². The van der Waals surface area contributed by atoms with Crippen LogP contribution in [0.25, 0.3) is 6.08 Å². The van der Waals surface area contributed by atoms with Gasteiger partial charge in [-0.25, -0.2) is 4.99 Å². The lowest BCUT2D eigenvalue weighted by molar-refractivity contribution is -0.115. The van der Waals surface area contributed by atoms with E-state index in [0.717, 1.165) is 17.0 Å². The van der Waals surface area contributed by atoms with Gasteiger partial charge in [-0.05, 0) is 75.7 Å². The van der Waals surface area contributed by atoms with Crippen molar-refractivity contribution < 1.29 is 14.6 Å². The van der Waals surface area contributed by atoms with Crippen LogP contribution in [0.1, 0.15) is 5.56 Å². The van der Waals surface area contributed by atoms with Gasteiger partial charge in [0.25, 0.3) is 5.91 Å². The smallest absolute Gasteiger partial charge is 0.264 e. The number of carbonyl (C=O) groups is 1. The molecule has 0 unspecified atom stereocenters. The fraction of sp³-hybridized carbons (Fsp3) is 0.0588. The highest BCUT2D eigenvalue weighted by Gasteiger charge is 2.23. The van der Waals surface area contributed by atoms with Gasteiger partial charge in [-0.15, -0.1) is 0 Å². The van der Waals surface area contributed by atoms with Gasteiger partial charge >= 0.3 is 0 Å². The highest BCUT2D eigenvalue weighted by Crippen LogP contribution is 2.30. The summed E-state index contributed by atoms with van der Waals surface area (Å²) in [6.45, 7) is 0. The first-order valence-corrected chi connectivity index (χ1v) is 8.58. The van der Waals surface area contributed by atoms with E-state index in [1.807, 2.05) is 24.3 Å². The Morgan fingerprint density at radius 3 is 2.67 bits per heavy atom. The van der Waals surface area contributed by atoms with Crippen molar-refractivity contribution in [3.63, 3.8) is 0 Å². The van der Waals surface area contributed by atoms with Crippen molar-refractivity contribution in [2.75, 3.05) is 7.11 Å². The maximum absolute atomic E-state index is 12.1. The van der Waals surface area contributed by atoms with Crippen molar-refractivity contribution in [2.45, 2.75) is 0 Å². The molecule has 0 saturated carbocycles. The number of hydrogen-bond acceptors (Lipinski definition) is 5. The molecule has 2 N–H and O–H groups in total.